The van der Waals surface area contributed by atoms with Crippen LogP contribution in [0.1, 0.15) is 59.3 Å². The lowest BCUT2D eigenvalue weighted by atomic mass is 9.91. The van der Waals surface area contributed by atoms with Crippen LogP contribution in [0.4, 0.5) is 0 Å². The molecule has 0 saturated heterocycles. The van der Waals surface area contributed by atoms with Crippen LogP contribution >= 0.6 is 0 Å². The molecule has 1 saturated carbocycles. The molecule has 0 bridgehead atoms. The Morgan fingerprint density at radius 2 is 1.78 bits per heavy atom. The first-order chi connectivity index (χ1) is 8.24. The van der Waals surface area contributed by atoms with Crippen LogP contribution in [0.25, 0.3) is 0 Å². The van der Waals surface area contributed by atoms with Gasteiger partial charge in [-0.3, -0.25) is 4.79 Å². The summed E-state index contributed by atoms with van der Waals surface area (Å²) >= 11 is 0. The maximum Gasteiger partial charge on any atom is 0.192 e. The van der Waals surface area contributed by atoms with Gasteiger partial charge in [-0.15, -0.1) is 0 Å². The smallest absolute Gasteiger partial charge is 0.192 e. The highest BCUT2D eigenvalue weighted by atomic mass is 28.4. The van der Waals surface area contributed by atoms with Crippen LogP contribution in [0.15, 0.2) is 0 Å². The summed E-state index contributed by atoms with van der Waals surface area (Å²) in [5, 5.41) is 0.234. The molecular formula is C15H30O2Si. The van der Waals surface area contributed by atoms with Crippen molar-refractivity contribution >= 4 is 14.1 Å². The van der Waals surface area contributed by atoms with Crippen molar-refractivity contribution in [3.05, 3.63) is 0 Å². The van der Waals surface area contributed by atoms with Crippen molar-refractivity contribution in [1.29, 1.82) is 0 Å². The van der Waals surface area contributed by atoms with Gasteiger partial charge in [0.15, 0.2) is 8.32 Å². The van der Waals surface area contributed by atoms with Gasteiger partial charge in [-0.25, -0.2) is 0 Å². The number of rotatable bonds is 3. The Labute approximate surface area is 114 Å². The van der Waals surface area contributed by atoms with Gasteiger partial charge in [-0.1, -0.05) is 40.0 Å². The summed E-state index contributed by atoms with van der Waals surface area (Å²) in [6.45, 7) is 11.9. The minimum atomic E-state index is -1.70. The molecule has 106 valence electrons. The third-order valence-corrected chi connectivity index (χ3v) is 9.13. The van der Waals surface area contributed by atoms with E-state index in [4.69, 9.17) is 4.43 Å². The maximum absolute atomic E-state index is 12.1. The number of ketones is 1. The van der Waals surface area contributed by atoms with Crippen molar-refractivity contribution in [2.75, 3.05) is 6.61 Å². The fraction of sp³-hybridized carbons (Fsp3) is 0.933. The van der Waals surface area contributed by atoms with Crippen LogP contribution in [-0.4, -0.2) is 20.7 Å². The van der Waals surface area contributed by atoms with Gasteiger partial charge < -0.3 is 4.43 Å². The monoisotopic (exact) mass is 270 g/mol. The van der Waals surface area contributed by atoms with E-state index >= 15 is 0 Å². The molecule has 0 heterocycles. The average Bonchev–Trinajstić information content (AvgIpc) is 2.21. The van der Waals surface area contributed by atoms with Crippen molar-refractivity contribution in [2.45, 2.75) is 77.4 Å². The van der Waals surface area contributed by atoms with E-state index in [0.717, 1.165) is 19.3 Å². The summed E-state index contributed by atoms with van der Waals surface area (Å²) in [6.07, 6.45) is 6.58. The topological polar surface area (TPSA) is 26.3 Å². The molecule has 0 aromatic carbocycles. The summed E-state index contributed by atoms with van der Waals surface area (Å²) in [6, 6.07) is 0. The first kappa shape index (κ1) is 15.9. The summed E-state index contributed by atoms with van der Waals surface area (Å²) in [5.74, 6) is 0.604. The Balaban J connectivity index is 2.52. The third-order valence-electron chi connectivity index (χ3n) is 4.63. The van der Waals surface area contributed by atoms with Gasteiger partial charge in [0, 0.05) is 18.9 Å². The van der Waals surface area contributed by atoms with E-state index < -0.39 is 8.32 Å². The van der Waals surface area contributed by atoms with Gasteiger partial charge in [-0.05, 0) is 31.0 Å². The van der Waals surface area contributed by atoms with Crippen molar-refractivity contribution in [3.8, 4) is 0 Å². The van der Waals surface area contributed by atoms with Gasteiger partial charge in [0.1, 0.15) is 5.78 Å². The van der Waals surface area contributed by atoms with Crippen LogP contribution in [0.2, 0.25) is 18.1 Å². The molecule has 18 heavy (non-hydrogen) atoms. The highest BCUT2D eigenvalue weighted by molar-refractivity contribution is 6.74. The zero-order valence-corrected chi connectivity index (χ0v) is 13.8. The maximum atomic E-state index is 12.1. The first-order valence-corrected chi connectivity index (χ1v) is 10.3. The van der Waals surface area contributed by atoms with Crippen LogP contribution < -0.4 is 0 Å². The first-order valence-electron chi connectivity index (χ1n) is 7.41. The van der Waals surface area contributed by atoms with Gasteiger partial charge >= 0.3 is 0 Å². The molecule has 0 amide bonds. The predicted octanol–water partition coefficient (Wildman–Crippen LogP) is 4.55. The van der Waals surface area contributed by atoms with E-state index in [0.29, 0.717) is 12.4 Å². The molecule has 0 aromatic heterocycles. The zero-order chi connectivity index (χ0) is 13.8. The quantitative estimate of drug-likeness (QED) is 0.703. The zero-order valence-electron chi connectivity index (χ0n) is 12.8. The lowest BCUT2D eigenvalue weighted by molar-refractivity contribution is -0.124. The van der Waals surface area contributed by atoms with Crippen LogP contribution in [0.3, 0.4) is 0 Å². The third kappa shape index (κ3) is 4.50. The average molecular weight is 270 g/mol. The Hall–Kier alpha value is -0.153. The fourth-order valence-electron chi connectivity index (χ4n) is 2.11. The normalized spacial score (nSPS) is 23.6. The molecule has 0 radical (unpaired) electrons. The molecular weight excluding hydrogens is 240 g/mol. The van der Waals surface area contributed by atoms with Crippen molar-refractivity contribution in [2.24, 2.45) is 5.92 Å². The van der Waals surface area contributed by atoms with Gasteiger partial charge in [0.25, 0.3) is 0 Å². The molecule has 0 aliphatic heterocycles. The van der Waals surface area contributed by atoms with Gasteiger partial charge in [0.2, 0.25) is 0 Å². The van der Waals surface area contributed by atoms with E-state index in [-0.39, 0.29) is 11.0 Å². The number of hydrogen-bond donors (Lipinski definition) is 0. The fourth-order valence-corrected chi connectivity index (χ4v) is 3.16. The van der Waals surface area contributed by atoms with E-state index in [1.54, 1.807) is 0 Å². The minimum Gasteiger partial charge on any atom is -0.416 e. The van der Waals surface area contributed by atoms with Crippen LogP contribution in [-0.2, 0) is 9.22 Å². The van der Waals surface area contributed by atoms with E-state index in [1.165, 1.54) is 19.3 Å². The van der Waals surface area contributed by atoms with Crippen LogP contribution in [0.5, 0.6) is 0 Å². The van der Waals surface area contributed by atoms with Crippen molar-refractivity contribution in [1.82, 2.24) is 0 Å². The Morgan fingerprint density at radius 1 is 1.17 bits per heavy atom. The second-order valence-electron chi connectivity index (χ2n) is 7.19. The second-order valence-corrected chi connectivity index (χ2v) is 12.0. The molecule has 1 rings (SSSR count). The highest BCUT2D eigenvalue weighted by Crippen LogP contribution is 2.37. The molecule has 1 aliphatic carbocycles. The minimum absolute atomic E-state index is 0.166. The molecule has 0 spiro atoms. The van der Waals surface area contributed by atoms with E-state index in [1.807, 2.05) is 0 Å². The molecule has 2 nitrogen and oxygen atoms in total. The molecule has 1 aliphatic rings. The van der Waals surface area contributed by atoms with Gasteiger partial charge in [-0.2, -0.15) is 0 Å². The Bertz CT molecular complexity index is 279. The molecule has 0 aromatic rings. The number of Topliss-reactive ketones (excluding diaryl/α,β-unsaturated/α-hetero) is 1. The molecule has 1 unspecified atom stereocenters. The largest absolute Gasteiger partial charge is 0.416 e. The Morgan fingerprint density at radius 3 is 2.39 bits per heavy atom. The van der Waals surface area contributed by atoms with Crippen molar-refractivity contribution < 1.29 is 9.22 Å². The summed E-state index contributed by atoms with van der Waals surface area (Å²) in [4.78, 5) is 12.1. The molecule has 3 heteroatoms. The van der Waals surface area contributed by atoms with E-state index in [2.05, 4.69) is 33.9 Å². The summed E-state index contributed by atoms with van der Waals surface area (Å²) < 4.78 is 6.22. The second kappa shape index (κ2) is 6.33. The summed E-state index contributed by atoms with van der Waals surface area (Å²) in [7, 11) is -1.70. The molecule has 1 atom stereocenters. The predicted molar refractivity (Wildman–Crippen MR) is 79.3 cm³/mol. The summed E-state index contributed by atoms with van der Waals surface area (Å²) in [5.41, 5.74) is 0. The Kier molecular flexibility index (Phi) is 5.59. The number of carbonyl (C=O) groups is 1. The lowest BCUT2D eigenvalue weighted by Crippen LogP contribution is -2.42. The van der Waals surface area contributed by atoms with E-state index in [9.17, 15) is 4.79 Å². The standard InChI is InChI=1S/C15H30O2Si/c1-15(2,3)18(4,5)17-12-13-10-8-6-7-9-11-14(13)16/h13H,6-12H2,1-5H3. The highest BCUT2D eigenvalue weighted by Gasteiger charge is 2.38. The van der Waals surface area contributed by atoms with Crippen LogP contribution in [0, 0.1) is 5.92 Å². The van der Waals surface area contributed by atoms with Crippen molar-refractivity contribution in [3.63, 3.8) is 0 Å². The molecule has 0 N–H and O–H groups in total. The molecule has 1 fully saturated rings. The number of hydrogen-bond acceptors (Lipinski definition) is 2. The SMILES string of the molecule is CC(C)(C)[Si](C)(C)OCC1CCCCCCC1=O. The van der Waals surface area contributed by atoms with Gasteiger partial charge in [0.05, 0.1) is 0 Å². The lowest BCUT2D eigenvalue weighted by Gasteiger charge is -2.37. The number of carbonyl (C=O) groups excluding carboxylic acids is 1.